The van der Waals surface area contributed by atoms with E-state index in [4.69, 9.17) is 28.8 Å². The van der Waals surface area contributed by atoms with E-state index < -0.39 is 54.6 Å². The first-order valence-corrected chi connectivity index (χ1v) is 11.8. The van der Waals surface area contributed by atoms with Gasteiger partial charge in [0.25, 0.3) is 0 Å². The second-order valence-electron chi connectivity index (χ2n) is 8.03. The van der Waals surface area contributed by atoms with Crippen molar-refractivity contribution >= 4 is 23.9 Å². The Balaban J connectivity index is 3.22. The molecule has 1 fully saturated rings. The maximum absolute atomic E-state index is 12.4. The van der Waals surface area contributed by atoms with E-state index in [1.807, 2.05) is 20.8 Å². The zero-order valence-electron chi connectivity index (χ0n) is 20.1. The van der Waals surface area contributed by atoms with Crippen molar-refractivity contribution in [2.45, 2.75) is 116 Å². The van der Waals surface area contributed by atoms with Gasteiger partial charge in [0.15, 0.2) is 24.6 Å². The first-order valence-electron chi connectivity index (χ1n) is 11.8. The maximum Gasteiger partial charge on any atom is 0.306 e. The van der Waals surface area contributed by atoms with E-state index >= 15 is 0 Å². The van der Waals surface area contributed by atoms with Crippen LogP contribution in [0.1, 0.15) is 85.0 Å². The van der Waals surface area contributed by atoms with Crippen molar-refractivity contribution < 1.29 is 48.0 Å². The Labute approximate surface area is 195 Å². The molecule has 33 heavy (non-hydrogen) atoms. The number of unbranched alkanes of at least 4 members (excludes halogenated alkanes) is 1. The Hall–Kier alpha value is -2.20. The van der Waals surface area contributed by atoms with E-state index in [9.17, 15) is 19.2 Å². The lowest BCUT2D eigenvalue weighted by molar-refractivity contribution is -0.300. The molecule has 0 unspecified atom stereocenters. The molecule has 0 spiro atoms. The van der Waals surface area contributed by atoms with E-state index in [1.54, 1.807) is 0 Å². The zero-order valence-corrected chi connectivity index (χ0v) is 20.1. The monoisotopic (exact) mass is 474 g/mol. The summed E-state index contributed by atoms with van der Waals surface area (Å²) in [4.78, 5) is 47.9. The van der Waals surface area contributed by atoms with Gasteiger partial charge >= 0.3 is 23.9 Å². The van der Waals surface area contributed by atoms with Crippen LogP contribution in [0.3, 0.4) is 0 Å². The highest BCUT2D eigenvalue weighted by molar-refractivity contribution is 5.71. The van der Waals surface area contributed by atoms with Crippen LogP contribution in [0.4, 0.5) is 0 Å². The Morgan fingerprint density at radius 1 is 0.727 bits per heavy atom. The largest absolute Gasteiger partial charge is 0.481 e. The number of hydrogen-bond acceptors (Lipinski definition) is 9. The summed E-state index contributed by atoms with van der Waals surface area (Å²) in [6.07, 6.45) is -1.70. The lowest BCUT2D eigenvalue weighted by Gasteiger charge is -2.44. The molecule has 1 aliphatic rings. The van der Waals surface area contributed by atoms with Crippen molar-refractivity contribution in [3.05, 3.63) is 0 Å². The van der Waals surface area contributed by atoms with E-state index in [0.717, 1.165) is 0 Å². The molecule has 0 radical (unpaired) electrons. The number of ether oxygens (including phenoxy) is 5. The maximum atomic E-state index is 12.4. The second kappa shape index (κ2) is 15.6. The van der Waals surface area contributed by atoms with Gasteiger partial charge in [-0.05, 0) is 32.1 Å². The number of carbonyl (C=O) groups is 4. The highest BCUT2D eigenvalue weighted by atomic mass is 16.7. The van der Waals surface area contributed by atoms with Gasteiger partial charge in [-0.1, -0.05) is 27.2 Å². The Bertz CT molecular complexity index is 635. The van der Waals surface area contributed by atoms with Crippen molar-refractivity contribution in [1.29, 1.82) is 0 Å². The molecular formula is C23H38O10. The average molecular weight is 475 g/mol. The lowest BCUT2D eigenvalue weighted by Crippen LogP contribution is -2.61. The summed E-state index contributed by atoms with van der Waals surface area (Å²) in [7, 11) is 1.38. The molecule has 0 amide bonds. The molecule has 10 nitrogen and oxygen atoms in total. The molecule has 0 aromatic rings. The van der Waals surface area contributed by atoms with Gasteiger partial charge < -0.3 is 28.8 Å². The minimum absolute atomic E-state index is 0.00706. The van der Waals surface area contributed by atoms with Gasteiger partial charge in [-0.2, -0.15) is 0 Å². The topological polar surface area (TPSA) is 135 Å². The fourth-order valence-corrected chi connectivity index (χ4v) is 3.57. The molecule has 0 saturated carbocycles. The number of carbonyl (C=O) groups excluding carboxylic acids is 3. The molecule has 0 bridgehead atoms. The number of rotatable bonds is 15. The summed E-state index contributed by atoms with van der Waals surface area (Å²) < 4.78 is 28.3. The van der Waals surface area contributed by atoms with Gasteiger partial charge in [-0.15, -0.1) is 0 Å². The molecule has 0 aliphatic carbocycles. The minimum Gasteiger partial charge on any atom is -0.481 e. The van der Waals surface area contributed by atoms with E-state index in [0.29, 0.717) is 38.5 Å². The smallest absolute Gasteiger partial charge is 0.306 e. The molecule has 0 aromatic heterocycles. The van der Waals surface area contributed by atoms with Crippen molar-refractivity contribution in [3.8, 4) is 0 Å². The van der Waals surface area contributed by atoms with Crippen LogP contribution in [-0.4, -0.2) is 66.8 Å². The standard InChI is InChI=1S/C23H38O10/c1-5-10-17(26)31-20-15(13-8-9-14-16(24)25)30-23(29-4)22(33-19(28)12-7-3)21(20)32-18(27)11-6-2/h15,20-23H,5-14H2,1-4H3,(H,24,25)/t15-,20+,21+,22-,23-/m1/s1. The predicted octanol–water partition coefficient (Wildman–Crippen LogP) is 3.14. The molecule has 190 valence electrons. The van der Waals surface area contributed by atoms with Crippen molar-refractivity contribution in [2.75, 3.05) is 7.11 Å². The van der Waals surface area contributed by atoms with Gasteiger partial charge in [-0.3, -0.25) is 19.2 Å². The lowest BCUT2D eigenvalue weighted by atomic mass is 9.94. The third-order valence-electron chi connectivity index (χ3n) is 5.12. The van der Waals surface area contributed by atoms with Crippen molar-refractivity contribution in [2.24, 2.45) is 0 Å². The van der Waals surface area contributed by atoms with Gasteiger partial charge in [0.05, 0.1) is 0 Å². The Morgan fingerprint density at radius 3 is 1.67 bits per heavy atom. The minimum atomic E-state index is -1.12. The molecule has 0 aromatic carbocycles. The fraction of sp³-hybridized carbons (Fsp3) is 0.826. The predicted molar refractivity (Wildman–Crippen MR) is 116 cm³/mol. The third kappa shape index (κ3) is 10.1. The molecule has 1 N–H and O–H groups in total. The summed E-state index contributed by atoms with van der Waals surface area (Å²) in [5.74, 6) is -2.43. The third-order valence-corrected chi connectivity index (χ3v) is 5.12. The normalized spacial score (nSPS) is 24.7. The first kappa shape index (κ1) is 28.8. The molecule has 1 rings (SSSR count). The van der Waals surface area contributed by atoms with Crippen LogP contribution < -0.4 is 0 Å². The van der Waals surface area contributed by atoms with Crippen LogP contribution in [0.5, 0.6) is 0 Å². The van der Waals surface area contributed by atoms with Crippen molar-refractivity contribution in [1.82, 2.24) is 0 Å². The molecule has 1 heterocycles. The first-order chi connectivity index (χ1) is 15.8. The average Bonchev–Trinajstić information content (AvgIpc) is 2.74. The summed E-state index contributed by atoms with van der Waals surface area (Å²) in [5, 5.41) is 8.89. The van der Waals surface area contributed by atoms with Crippen LogP contribution in [0.2, 0.25) is 0 Å². The quantitative estimate of drug-likeness (QED) is 0.214. The summed E-state index contributed by atoms with van der Waals surface area (Å²) >= 11 is 0. The molecular weight excluding hydrogens is 436 g/mol. The summed E-state index contributed by atoms with van der Waals surface area (Å²) in [5.41, 5.74) is 0. The highest BCUT2D eigenvalue weighted by Crippen LogP contribution is 2.32. The number of methoxy groups -OCH3 is 1. The number of carboxylic acid groups (broad SMARTS) is 1. The van der Waals surface area contributed by atoms with Crippen LogP contribution in [0.25, 0.3) is 0 Å². The Kier molecular flexibility index (Phi) is 13.6. The molecule has 5 atom stereocenters. The number of carboxylic acids is 1. The number of aliphatic carboxylic acids is 1. The van der Waals surface area contributed by atoms with E-state index in [-0.39, 0.29) is 25.7 Å². The van der Waals surface area contributed by atoms with E-state index in [2.05, 4.69) is 0 Å². The Morgan fingerprint density at radius 2 is 1.21 bits per heavy atom. The van der Waals surface area contributed by atoms with Gasteiger partial charge in [0.2, 0.25) is 0 Å². The molecule has 1 aliphatic heterocycles. The van der Waals surface area contributed by atoms with Crippen LogP contribution >= 0.6 is 0 Å². The molecule has 10 heteroatoms. The van der Waals surface area contributed by atoms with E-state index in [1.165, 1.54) is 7.11 Å². The van der Waals surface area contributed by atoms with Crippen molar-refractivity contribution in [3.63, 3.8) is 0 Å². The summed E-state index contributed by atoms with van der Waals surface area (Å²) in [6.45, 7) is 5.48. The number of esters is 3. The van der Waals surface area contributed by atoms with Gasteiger partial charge in [0.1, 0.15) is 6.10 Å². The SMILES string of the molecule is CCCC(=O)O[C@H]1[C@@H](OC(=O)CCC)[C@@H](CCCCC(=O)O)O[C@@H](OC)[C@@H]1OC(=O)CCC. The van der Waals surface area contributed by atoms with Crippen LogP contribution in [0.15, 0.2) is 0 Å². The van der Waals surface area contributed by atoms with Crippen LogP contribution in [0, 0.1) is 0 Å². The second-order valence-corrected chi connectivity index (χ2v) is 8.03. The fourth-order valence-electron chi connectivity index (χ4n) is 3.57. The summed E-state index contributed by atoms with van der Waals surface area (Å²) in [6, 6.07) is 0. The van der Waals surface area contributed by atoms with Crippen LogP contribution in [-0.2, 0) is 42.9 Å². The highest BCUT2D eigenvalue weighted by Gasteiger charge is 2.52. The van der Waals surface area contributed by atoms with Gasteiger partial charge in [-0.25, -0.2) is 0 Å². The molecule has 1 saturated heterocycles. The zero-order chi connectivity index (χ0) is 24.8. The van der Waals surface area contributed by atoms with Gasteiger partial charge in [0, 0.05) is 32.8 Å². The number of hydrogen-bond donors (Lipinski definition) is 1.